The number of oxazole rings is 1. The predicted octanol–water partition coefficient (Wildman–Crippen LogP) is 3.56. The Kier molecular flexibility index (Phi) is 6.24. The van der Waals surface area contributed by atoms with Crippen LogP contribution in [0.4, 0.5) is 0 Å². The van der Waals surface area contributed by atoms with Crippen LogP contribution in [-0.4, -0.2) is 32.3 Å². The summed E-state index contributed by atoms with van der Waals surface area (Å²) in [5.41, 5.74) is 8.69. The Morgan fingerprint density at radius 1 is 1.33 bits per heavy atom. The fourth-order valence-electron chi connectivity index (χ4n) is 3.66. The van der Waals surface area contributed by atoms with Crippen molar-refractivity contribution in [3.05, 3.63) is 63.5 Å². The van der Waals surface area contributed by atoms with Crippen molar-refractivity contribution in [2.24, 2.45) is 11.7 Å². The quantitative estimate of drug-likeness (QED) is 0.621. The summed E-state index contributed by atoms with van der Waals surface area (Å²) in [4.78, 5) is 28.0. The number of carbonyl (C=O) groups excluding carboxylic acids is 1. The van der Waals surface area contributed by atoms with E-state index in [1.165, 1.54) is 11.3 Å². The Morgan fingerprint density at radius 3 is 2.97 bits per heavy atom. The van der Waals surface area contributed by atoms with Crippen LogP contribution in [0.1, 0.15) is 64.7 Å². The van der Waals surface area contributed by atoms with Gasteiger partial charge in [0, 0.05) is 37.2 Å². The van der Waals surface area contributed by atoms with Crippen molar-refractivity contribution in [3.8, 4) is 0 Å². The third-order valence-electron chi connectivity index (χ3n) is 5.19. The molecule has 1 aliphatic heterocycles. The average Bonchev–Trinajstić information content (AvgIpc) is 3.38. The number of nitrogens with two attached hydrogens (primary N) is 1. The molecule has 0 fully saturated rings. The molecule has 3 aromatic heterocycles. The lowest BCUT2D eigenvalue weighted by molar-refractivity contribution is 0.0722. The van der Waals surface area contributed by atoms with Gasteiger partial charge in [-0.15, -0.1) is 11.3 Å². The molecule has 2 N–H and O–H groups in total. The zero-order chi connectivity index (χ0) is 21.1. The summed E-state index contributed by atoms with van der Waals surface area (Å²) < 4.78 is 5.93. The lowest BCUT2D eigenvalue weighted by atomic mass is 10.1. The second kappa shape index (κ2) is 9.06. The topological polar surface area (TPSA) is 98.1 Å². The van der Waals surface area contributed by atoms with Crippen molar-refractivity contribution < 1.29 is 9.21 Å². The van der Waals surface area contributed by atoms with Gasteiger partial charge in [-0.3, -0.25) is 9.78 Å². The molecule has 3 aromatic rings. The first-order valence-electron chi connectivity index (χ1n) is 10.4. The van der Waals surface area contributed by atoms with Gasteiger partial charge in [0.15, 0.2) is 5.89 Å². The molecule has 0 saturated carbocycles. The zero-order valence-corrected chi connectivity index (χ0v) is 18.2. The summed E-state index contributed by atoms with van der Waals surface area (Å²) in [6.07, 6.45) is 6.70. The Balaban J connectivity index is 1.38. The van der Waals surface area contributed by atoms with Crippen molar-refractivity contribution in [1.82, 2.24) is 19.9 Å². The third-order valence-corrected chi connectivity index (χ3v) is 6.17. The molecule has 0 aromatic carbocycles. The number of rotatable bonds is 7. The standard InChI is InChI=1S/C22H27N5O2S/c1-14(2)10-16(23)21-26-18(13-30-21)22(28)27-9-7-19-17(12-27)25-20(29-19)6-5-15-4-3-8-24-11-15/h3-4,8,11,13-14,16H,5-7,9-10,12,23H2,1-2H3/t16-/m0/s1. The molecule has 0 unspecified atom stereocenters. The smallest absolute Gasteiger partial charge is 0.273 e. The molecular formula is C22H27N5O2S. The minimum absolute atomic E-state index is 0.0696. The van der Waals surface area contributed by atoms with Crippen molar-refractivity contribution in [2.75, 3.05) is 6.54 Å². The Bertz CT molecular complexity index is 998. The summed E-state index contributed by atoms with van der Waals surface area (Å²) in [7, 11) is 0. The molecule has 1 aliphatic rings. The van der Waals surface area contributed by atoms with Gasteiger partial charge < -0.3 is 15.1 Å². The molecule has 158 valence electrons. The van der Waals surface area contributed by atoms with E-state index in [0.717, 1.165) is 41.3 Å². The van der Waals surface area contributed by atoms with Crippen LogP contribution in [0.25, 0.3) is 0 Å². The minimum atomic E-state index is -0.123. The maximum absolute atomic E-state index is 12.9. The van der Waals surface area contributed by atoms with Gasteiger partial charge in [-0.25, -0.2) is 9.97 Å². The van der Waals surface area contributed by atoms with Gasteiger partial charge in [0.2, 0.25) is 0 Å². The first-order chi connectivity index (χ1) is 14.5. The number of aryl methyl sites for hydroxylation is 2. The SMILES string of the molecule is CC(C)C[C@H](N)c1nc(C(=O)N2CCc3oc(CCc4cccnc4)nc3C2)cs1. The van der Waals surface area contributed by atoms with Gasteiger partial charge in [0.1, 0.15) is 22.2 Å². The van der Waals surface area contributed by atoms with E-state index >= 15 is 0 Å². The fourth-order valence-corrected chi connectivity index (χ4v) is 4.46. The number of thiazole rings is 1. The van der Waals surface area contributed by atoms with Crippen LogP contribution >= 0.6 is 11.3 Å². The van der Waals surface area contributed by atoms with Crippen LogP contribution < -0.4 is 5.73 Å². The number of hydrogen-bond donors (Lipinski definition) is 1. The van der Waals surface area contributed by atoms with Crippen molar-refractivity contribution in [1.29, 1.82) is 0 Å². The van der Waals surface area contributed by atoms with E-state index in [2.05, 4.69) is 28.8 Å². The van der Waals surface area contributed by atoms with E-state index < -0.39 is 0 Å². The highest BCUT2D eigenvalue weighted by Crippen LogP contribution is 2.25. The summed E-state index contributed by atoms with van der Waals surface area (Å²) in [6, 6.07) is 3.85. The van der Waals surface area contributed by atoms with Crippen LogP contribution in [0.15, 0.2) is 34.3 Å². The number of aromatic nitrogens is 3. The van der Waals surface area contributed by atoms with Crippen LogP contribution in [0.5, 0.6) is 0 Å². The maximum atomic E-state index is 12.9. The molecule has 4 rings (SSSR count). The zero-order valence-electron chi connectivity index (χ0n) is 17.4. The number of fused-ring (bicyclic) bond motifs is 1. The summed E-state index contributed by atoms with van der Waals surface area (Å²) in [5, 5.41) is 2.64. The van der Waals surface area contributed by atoms with Crippen molar-refractivity contribution >= 4 is 17.2 Å². The normalized spacial score (nSPS) is 14.7. The van der Waals surface area contributed by atoms with Gasteiger partial charge >= 0.3 is 0 Å². The predicted molar refractivity (Wildman–Crippen MR) is 115 cm³/mol. The van der Waals surface area contributed by atoms with Crippen LogP contribution in [0.3, 0.4) is 0 Å². The first kappa shape index (κ1) is 20.7. The Labute approximate surface area is 180 Å². The molecule has 4 heterocycles. The van der Waals surface area contributed by atoms with Gasteiger partial charge in [0.05, 0.1) is 12.6 Å². The molecule has 0 radical (unpaired) electrons. The van der Waals surface area contributed by atoms with E-state index in [1.807, 2.05) is 23.7 Å². The molecule has 1 amide bonds. The first-order valence-corrected chi connectivity index (χ1v) is 11.2. The van der Waals surface area contributed by atoms with Crippen molar-refractivity contribution in [3.63, 3.8) is 0 Å². The molecule has 1 atom stereocenters. The molecule has 8 heteroatoms. The van der Waals surface area contributed by atoms with Crippen molar-refractivity contribution in [2.45, 2.75) is 52.1 Å². The molecule has 0 aliphatic carbocycles. The molecule has 0 bridgehead atoms. The average molecular weight is 426 g/mol. The second-order valence-corrected chi connectivity index (χ2v) is 9.01. The molecule has 7 nitrogen and oxygen atoms in total. The lowest BCUT2D eigenvalue weighted by Crippen LogP contribution is -2.36. The fraction of sp³-hybridized carbons (Fsp3) is 0.455. The highest BCUT2D eigenvalue weighted by atomic mass is 32.1. The summed E-state index contributed by atoms with van der Waals surface area (Å²) in [5.74, 6) is 2.02. The van der Waals surface area contributed by atoms with Gasteiger partial charge in [-0.05, 0) is 30.4 Å². The summed E-state index contributed by atoms with van der Waals surface area (Å²) >= 11 is 1.46. The van der Waals surface area contributed by atoms with Crippen LogP contribution in [0, 0.1) is 5.92 Å². The third kappa shape index (κ3) is 4.76. The molecule has 30 heavy (non-hydrogen) atoms. The number of amides is 1. The number of nitrogens with zero attached hydrogens (tertiary/aromatic N) is 4. The van der Waals surface area contributed by atoms with E-state index in [0.29, 0.717) is 37.0 Å². The number of carbonyl (C=O) groups is 1. The summed E-state index contributed by atoms with van der Waals surface area (Å²) in [6.45, 7) is 5.32. The largest absolute Gasteiger partial charge is 0.445 e. The molecule has 0 saturated heterocycles. The number of pyridine rings is 1. The van der Waals surface area contributed by atoms with Crippen LogP contribution in [0.2, 0.25) is 0 Å². The lowest BCUT2D eigenvalue weighted by Gasteiger charge is -2.24. The number of hydrogen-bond acceptors (Lipinski definition) is 7. The van der Waals surface area contributed by atoms with E-state index in [9.17, 15) is 4.79 Å². The Hall–Kier alpha value is -2.58. The van der Waals surface area contributed by atoms with Gasteiger partial charge in [-0.1, -0.05) is 19.9 Å². The highest BCUT2D eigenvalue weighted by Gasteiger charge is 2.28. The second-order valence-electron chi connectivity index (χ2n) is 8.12. The molecular weight excluding hydrogens is 398 g/mol. The van der Waals surface area contributed by atoms with Crippen LogP contribution in [-0.2, 0) is 25.8 Å². The maximum Gasteiger partial charge on any atom is 0.273 e. The van der Waals surface area contributed by atoms with Gasteiger partial charge in [0.25, 0.3) is 5.91 Å². The van der Waals surface area contributed by atoms with E-state index in [-0.39, 0.29) is 11.9 Å². The minimum Gasteiger partial charge on any atom is -0.445 e. The Morgan fingerprint density at radius 2 is 2.20 bits per heavy atom. The van der Waals surface area contributed by atoms with Gasteiger partial charge in [-0.2, -0.15) is 0 Å². The van der Waals surface area contributed by atoms with E-state index in [4.69, 9.17) is 10.2 Å². The highest BCUT2D eigenvalue weighted by molar-refractivity contribution is 7.09. The van der Waals surface area contributed by atoms with E-state index in [1.54, 1.807) is 11.1 Å². The monoisotopic (exact) mass is 425 g/mol. The molecule has 0 spiro atoms.